The summed E-state index contributed by atoms with van der Waals surface area (Å²) in [7, 11) is 1.91. The fraction of sp³-hybridized carbons (Fsp3) is 0.394. The monoisotopic (exact) mass is 587 g/mol. The van der Waals surface area contributed by atoms with Crippen LogP contribution >= 0.6 is 11.3 Å². The Bertz CT molecular complexity index is 1570. The van der Waals surface area contributed by atoms with E-state index in [1.54, 1.807) is 11.3 Å². The van der Waals surface area contributed by atoms with E-state index >= 15 is 0 Å². The van der Waals surface area contributed by atoms with E-state index in [1.807, 2.05) is 103 Å². The maximum Gasteiger partial charge on any atom is 0.410 e. The molecule has 2 aromatic carbocycles. The third-order valence-electron chi connectivity index (χ3n) is 7.91. The minimum absolute atomic E-state index is 0.0673. The average Bonchev–Trinajstić information content (AvgIpc) is 3.61. The first-order chi connectivity index (χ1) is 20.1. The van der Waals surface area contributed by atoms with Crippen LogP contribution in [0.1, 0.15) is 62.5 Å². The van der Waals surface area contributed by atoms with E-state index in [0.717, 1.165) is 58.6 Å². The Balaban J connectivity index is 1.00. The molecular weight excluding hydrogens is 550 g/mol. The van der Waals surface area contributed by atoms with Gasteiger partial charge < -0.3 is 29.0 Å². The van der Waals surface area contributed by atoms with Gasteiger partial charge in [0.25, 0.3) is 5.91 Å². The van der Waals surface area contributed by atoms with Gasteiger partial charge in [-0.1, -0.05) is 12.1 Å². The molecule has 220 valence electrons. The lowest BCUT2D eigenvalue weighted by Crippen LogP contribution is -2.50. The molecule has 8 nitrogen and oxygen atoms in total. The van der Waals surface area contributed by atoms with Gasteiger partial charge in [-0.15, -0.1) is 11.3 Å². The lowest BCUT2D eigenvalue weighted by molar-refractivity contribution is -0.00709. The van der Waals surface area contributed by atoms with E-state index in [9.17, 15) is 9.59 Å². The second-order valence-corrected chi connectivity index (χ2v) is 13.1. The van der Waals surface area contributed by atoms with Crippen LogP contribution in [0.2, 0.25) is 0 Å². The first kappa shape index (κ1) is 28.2. The molecular formula is C33H37N3O5S. The van der Waals surface area contributed by atoms with Crippen molar-refractivity contribution in [2.24, 2.45) is 7.05 Å². The summed E-state index contributed by atoms with van der Waals surface area (Å²) in [6.07, 6.45) is 3.46. The van der Waals surface area contributed by atoms with Crippen molar-refractivity contribution in [3.63, 3.8) is 0 Å². The normalized spacial score (nSPS) is 20.0. The predicted octanol–water partition coefficient (Wildman–Crippen LogP) is 7.38. The first-order valence-electron chi connectivity index (χ1n) is 14.5. The Morgan fingerprint density at radius 3 is 2.38 bits per heavy atom. The van der Waals surface area contributed by atoms with E-state index in [-0.39, 0.29) is 30.2 Å². The van der Waals surface area contributed by atoms with Crippen molar-refractivity contribution < 1.29 is 23.8 Å². The Morgan fingerprint density at radius 1 is 0.976 bits per heavy atom. The Kier molecular flexibility index (Phi) is 7.62. The van der Waals surface area contributed by atoms with Crippen LogP contribution in [0, 0.1) is 0 Å². The molecule has 2 amide bonds. The van der Waals surface area contributed by atoms with Crippen LogP contribution in [0.5, 0.6) is 11.5 Å². The number of piperidine rings is 1. The SMILES string of the molecule is Cn1c(C(=O)Nc2cccc(COc3ccc(O[C@@H]4C[C@H]5CC[C@@H](C4)N5C(=O)OC(C)(C)C)cc3)c2)cc2sccc21. The maximum absolute atomic E-state index is 12.9. The molecule has 0 spiro atoms. The molecule has 0 aliphatic carbocycles. The molecule has 2 saturated heterocycles. The average molecular weight is 588 g/mol. The topological polar surface area (TPSA) is 82.0 Å². The number of nitrogens with zero attached hydrogens (tertiary/aromatic N) is 2. The number of fused-ring (bicyclic) bond motifs is 3. The zero-order valence-corrected chi connectivity index (χ0v) is 25.3. The fourth-order valence-electron chi connectivity index (χ4n) is 6.01. The number of nitrogens with one attached hydrogen (secondary N) is 1. The van der Waals surface area contributed by atoms with E-state index in [4.69, 9.17) is 14.2 Å². The number of hydrogen-bond acceptors (Lipinski definition) is 6. The van der Waals surface area contributed by atoms with E-state index in [2.05, 4.69) is 5.32 Å². The van der Waals surface area contributed by atoms with Gasteiger partial charge in [-0.2, -0.15) is 0 Å². The van der Waals surface area contributed by atoms with Crippen molar-refractivity contribution in [1.82, 2.24) is 9.47 Å². The van der Waals surface area contributed by atoms with Crippen molar-refractivity contribution >= 4 is 39.2 Å². The van der Waals surface area contributed by atoms with Gasteiger partial charge in [-0.05, 0) is 93.1 Å². The largest absolute Gasteiger partial charge is 0.490 e. The van der Waals surface area contributed by atoms with Crippen LogP contribution in [0.25, 0.3) is 10.2 Å². The van der Waals surface area contributed by atoms with Crippen molar-refractivity contribution in [1.29, 1.82) is 0 Å². The Labute approximate surface area is 250 Å². The van der Waals surface area contributed by atoms with Gasteiger partial charge in [0.2, 0.25) is 0 Å². The molecule has 0 radical (unpaired) electrons. The van der Waals surface area contributed by atoms with E-state index in [1.165, 1.54) is 0 Å². The minimum Gasteiger partial charge on any atom is -0.490 e. The molecule has 2 aromatic heterocycles. The van der Waals surface area contributed by atoms with Crippen LogP contribution in [0.4, 0.5) is 10.5 Å². The number of amides is 2. The molecule has 0 saturated carbocycles. The Morgan fingerprint density at radius 2 is 1.69 bits per heavy atom. The molecule has 2 bridgehead atoms. The highest BCUT2D eigenvalue weighted by atomic mass is 32.1. The van der Waals surface area contributed by atoms with Gasteiger partial charge in [-0.3, -0.25) is 4.79 Å². The quantitative estimate of drug-likeness (QED) is 0.244. The number of carbonyl (C=O) groups is 2. The van der Waals surface area contributed by atoms with Gasteiger partial charge in [0, 0.05) is 37.7 Å². The number of hydrogen-bond donors (Lipinski definition) is 1. The summed E-state index contributed by atoms with van der Waals surface area (Å²) in [5, 5.41) is 5.03. The smallest absolute Gasteiger partial charge is 0.410 e. The van der Waals surface area contributed by atoms with E-state index in [0.29, 0.717) is 12.3 Å². The molecule has 42 heavy (non-hydrogen) atoms. The fourth-order valence-corrected chi connectivity index (χ4v) is 6.86. The predicted molar refractivity (Wildman–Crippen MR) is 164 cm³/mol. The molecule has 2 aliphatic rings. The molecule has 3 atom stereocenters. The number of aromatic nitrogens is 1. The summed E-state index contributed by atoms with van der Waals surface area (Å²) in [5.41, 5.74) is 2.86. The van der Waals surface area contributed by atoms with Gasteiger partial charge in [0.15, 0.2) is 0 Å². The summed E-state index contributed by atoms with van der Waals surface area (Å²) in [4.78, 5) is 27.6. The number of ether oxygens (including phenoxy) is 3. The molecule has 4 aromatic rings. The first-order valence-corrected chi connectivity index (χ1v) is 15.3. The number of carbonyl (C=O) groups excluding carboxylic acids is 2. The zero-order chi connectivity index (χ0) is 29.4. The van der Waals surface area contributed by atoms with Crippen LogP contribution in [0.3, 0.4) is 0 Å². The Hall–Kier alpha value is -3.98. The zero-order valence-electron chi connectivity index (χ0n) is 24.5. The summed E-state index contributed by atoms with van der Waals surface area (Å²) < 4.78 is 21.0. The highest BCUT2D eigenvalue weighted by Crippen LogP contribution is 2.38. The van der Waals surface area contributed by atoms with Gasteiger partial charge >= 0.3 is 6.09 Å². The molecule has 0 unspecified atom stereocenters. The highest BCUT2D eigenvalue weighted by molar-refractivity contribution is 7.17. The van der Waals surface area contributed by atoms with Gasteiger partial charge in [0.1, 0.15) is 35.5 Å². The summed E-state index contributed by atoms with van der Waals surface area (Å²) in [6.45, 7) is 6.08. The molecule has 4 heterocycles. The second kappa shape index (κ2) is 11.4. The minimum atomic E-state index is -0.494. The molecule has 2 fully saturated rings. The number of thiophene rings is 1. The third-order valence-corrected chi connectivity index (χ3v) is 8.76. The third kappa shape index (κ3) is 6.11. The van der Waals surface area contributed by atoms with Gasteiger partial charge in [0.05, 0.1) is 10.2 Å². The number of benzene rings is 2. The maximum atomic E-state index is 12.9. The lowest BCUT2D eigenvalue weighted by Gasteiger charge is -2.39. The number of rotatable bonds is 7. The second-order valence-electron chi connectivity index (χ2n) is 12.2. The molecule has 1 N–H and O–H groups in total. The van der Waals surface area contributed by atoms with E-state index < -0.39 is 5.60 Å². The lowest BCUT2D eigenvalue weighted by atomic mass is 10.00. The van der Waals surface area contributed by atoms with Crippen LogP contribution in [0.15, 0.2) is 66.0 Å². The highest BCUT2D eigenvalue weighted by Gasteiger charge is 2.45. The standard InChI is InChI=1S/C33H37N3O5S/c1-33(2,3)41-32(38)36-23-8-9-24(36)18-27(17-23)40-26-12-10-25(11-13-26)39-20-21-6-5-7-22(16-21)34-31(37)29-19-30-28(35(29)4)14-15-42-30/h5-7,10-16,19,23-24,27H,8-9,17-18,20H2,1-4H3,(H,34,37)/t23-,24+,27-. The molecule has 2 aliphatic heterocycles. The molecule has 9 heteroatoms. The van der Waals surface area contributed by atoms with Crippen LogP contribution in [-0.2, 0) is 18.4 Å². The van der Waals surface area contributed by atoms with Crippen molar-refractivity contribution in [3.05, 3.63) is 77.3 Å². The molecule has 6 rings (SSSR count). The van der Waals surface area contributed by atoms with Crippen molar-refractivity contribution in [2.75, 3.05) is 5.32 Å². The summed E-state index contributed by atoms with van der Waals surface area (Å²) in [6, 6.07) is 19.6. The van der Waals surface area contributed by atoms with Crippen molar-refractivity contribution in [2.45, 2.75) is 76.9 Å². The number of aryl methyl sites for hydroxylation is 1. The van der Waals surface area contributed by atoms with Crippen LogP contribution < -0.4 is 14.8 Å². The van der Waals surface area contributed by atoms with Crippen LogP contribution in [-0.4, -0.2) is 45.3 Å². The summed E-state index contributed by atoms with van der Waals surface area (Å²) in [5.74, 6) is 1.39. The van der Waals surface area contributed by atoms with Gasteiger partial charge in [-0.25, -0.2) is 4.79 Å². The van der Waals surface area contributed by atoms with Crippen molar-refractivity contribution in [3.8, 4) is 11.5 Å². The summed E-state index contributed by atoms with van der Waals surface area (Å²) >= 11 is 1.62. The number of anilines is 1.